The van der Waals surface area contributed by atoms with Gasteiger partial charge in [0, 0.05) is 31.7 Å². The molecule has 0 unspecified atom stereocenters. The Balaban J connectivity index is 1.47. The number of benzene rings is 2. The third-order valence-electron chi connectivity index (χ3n) is 5.42. The number of hydrogen-bond acceptors (Lipinski definition) is 5. The normalized spacial score (nSPS) is 16.3. The van der Waals surface area contributed by atoms with Crippen molar-refractivity contribution in [2.24, 2.45) is 0 Å². The lowest BCUT2D eigenvalue weighted by molar-refractivity contribution is -0.0255. The van der Waals surface area contributed by atoms with Gasteiger partial charge in [0.25, 0.3) is 5.91 Å². The van der Waals surface area contributed by atoms with Gasteiger partial charge in [-0.15, -0.1) is 0 Å². The molecule has 156 valence electrons. The lowest BCUT2D eigenvalue weighted by Crippen LogP contribution is -2.45. The summed E-state index contributed by atoms with van der Waals surface area (Å²) in [6.07, 6.45) is 1.14. The van der Waals surface area contributed by atoms with E-state index in [-0.39, 0.29) is 11.7 Å². The zero-order valence-corrected chi connectivity index (χ0v) is 16.8. The van der Waals surface area contributed by atoms with Crippen molar-refractivity contribution in [3.63, 3.8) is 0 Å². The summed E-state index contributed by atoms with van der Waals surface area (Å²) in [5, 5.41) is 13.8. The number of ether oxygens (including phenoxy) is 2. The summed E-state index contributed by atoms with van der Waals surface area (Å²) in [6, 6.07) is 11.1. The molecule has 2 aromatic rings. The Morgan fingerprint density at radius 1 is 1.10 bits per heavy atom. The lowest BCUT2D eigenvalue weighted by atomic mass is 9.84. The first-order valence-corrected chi connectivity index (χ1v) is 9.66. The number of nitrogens with one attached hydrogen (secondary N) is 1. The molecule has 0 spiro atoms. The molecule has 1 aliphatic rings. The van der Waals surface area contributed by atoms with Gasteiger partial charge in [-0.05, 0) is 48.7 Å². The van der Waals surface area contributed by atoms with Crippen LogP contribution in [0.15, 0.2) is 42.5 Å². The van der Waals surface area contributed by atoms with E-state index in [1.165, 1.54) is 19.2 Å². The van der Waals surface area contributed by atoms with Crippen molar-refractivity contribution >= 4 is 5.91 Å². The predicted molar refractivity (Wildman–Crippen MR) is 108 cm³/mol. The van der Waals surface area contributed by atoms with Crippen molar-refractivity contribution in [3.05, 3.63) is 59.4 Å². The molecule has 2 aromatic carbocycles. The van der Waals surface area contributed by atoms with Crippen molar-refractivity contribution in [2.45, 2.75) is 18.4 Å². The predicted octanol–water partition coefficient (Wildman–Crippen LogP) is 2.56. The van der Waals surface area contributed by atoms with E-state index in [0.29, 0.717) is 56.1 Å². The van der Waals surface area contributed by atoms with Gasteiger partial charge in [0.1, 0.15) is 5.82 Å². The zero-order chi connectivity index (χ0) is 20.9. The largest absolute Gasteiger partial charge is 0.493 e. The maximum absolute atomic E-state index is 13.1. The molecular weight excluding hydrogens is 375 g/mol. The highest BCUT2D eigenvalue weighted by Gasteiger charge is 2.33. The zero-order valence-electron chi connectivity index (χ0n) is 16.8. The molecule has 2 N–H and O–H groups in total. The topological polar surface area (TPSA) is 71.0 Å². The number of piperidine rings is 1. The fourth-order valence-electron chi connectivity index (χ4n) is 3.60. The molecule has 0 saturated carbocycles. The first-order valence-electron chi connectivity index (χ1n) is 9.66. The van der Waals surface area contributed by atoms with Crippen LogP contribution in [0.25, 0.3) is 0 Å². The Bertz CT molecular complexity index is 833. The fraction of sp³-hybridized carbons (Fsp3) is 0.409. The minimum Gasteiger partial charge on any atom is -0.493 e. The number of carbonyl (C=O) groups excluding carboxylic acids is 1. The fourth-order valence-corrected chi connectivity index (χ4v) is 3.60. The standard InChI is InChI=1S/C22H27FN2O4/c1-28-19-8-3-16(15-20(19)29-2)21(26)24-11-14-25-12-9-22(27,10-13-25)17-4-6-18(23)7-5-17/h3-8,15,27H,9-14H2,1-2H3,(H,24,26). The maximum Gasteiger partial charge on any atom is 0.251 e. The molecule has 3 rings (SSSR count). The summed E-state index contributed by atoms with van der Waals surface area (Å²) in [6.45, 7) is 2.61. The Morgan fingerprint density at radius 3 is 2.38 bits per heavy atom. The molecule has 0 atom stereocenters. The van der Waals surface area contributed by atoms with Crippen LogP contribution >= 0.6 is 0 Å². The van der Waals surface area contributed by atoms with Crippen LogP contribution in [0.5, 0.6) is 11.5 Å². The quantitative estimate of drug-likeness (QED) is 0.745. The average molecular weight is 402 g/mol. The Kier molecular flexibility index (Phi) is 6.71. The molecule has 6 nitrogen and oxygen atoms in total. The lowest BCUT2D eigenvalue weighted by Gasteiger charge is -2.38. The van der Waals surface area contributed by atoms with Crippen LogP contribution < -0.4 is 14.8 Å². The second-order valence-corrected chi connectivity index (χ2v) is 7.21. The third-order valence-corrected chi connectivity index (χ3v) is 5.42. The number of likely N-dealkylation sites (tertiary alicyclic amines) is 1. The van der Waals surface area contributed by atoms with Gasteiger partial charge in [0.05, 0.1) is 19.8 Å². The highest BCUT2D eigenvalue weighted by atomic mass is 19.1. The van der Waals surface area contributed by atoms with Crippen molar-refractivity contribution in [1.82, 2.24) is 10.2 Å². The third kappa shape index (κ3) is 5.05. The number of amides is 1. The smallest absolute Gasteiger partial charge is 0.251 e. The molecule has 1 aliphatic heterocycles. The van der Waals surface area contributed by atoms with Gasteiger partial charge < -0.3 is 24.8 Å². The second-order valence-electron chi connectivity index (χ2n) is 7.21. The summed E-state index contributed by atoms with van der Waals surface area (Å²) >= 11 is 0. The molecule has 0 bridgehead atoms. The van der Waals surface area contributed by atoms with E-state index >= 15 is 0 Å². The average Bonchev–Trinajstić information content (AvgIpc) is 2.75. The number of methoxy groups -OCH3 is 2. The van der Waals surface area contributed by atoms with E-state index in [9.17, 15) is 14.3 Å². The van der Waals surface area contributed by atoms with E-state index in [1.807, 2.05) is 0 Å². The maximum atomic E-state index is 13.1. The summed E-state index contributed by atoms with van der Waals surface area (Å²) in [5.41, 5.74) is 0.333. The first kappa shape index (κ1) is 21.1. The van der Waals surface area contributed by atoms with Crippen LogP contribution in [0.1, 0.15) is 28.8 Å². The number of rotatable bonds is 7. The number of aliphatic hydroxyl groups is 1. The Labute approximate surface area is 170 Å². The van der Waals surface area contributed by atoms with Crippen molar-refractivity contribution in [1.29, 1.82) is 0 Å². The van der Waals surface area contributed by atoms with Gasteiger partial charge in [-0.3, -0.25) is 4.79 Å². The van der Waals surface area contributed by atoms with E-state index in [0.717, 1.165) is 5.56 Å². The first-order chi connectivity index (χ1) is 13.9. The molecule has 1 amide bonds. The minimum absolute atomic E-state index is 0.175. The Morgan fingerprint density at radius 2 is 1.76 bits per heavy atom. The van der Waals surface area contributed by atoms with E-state index < -0.39 is 5.60 Å². The molecule has 1 heterocycles. The summed E-state index contributed by atoms with van der Waals surface area (Å²) in [7, 11) is 3.08. The van der Waals surface area contributed by atoms with Crippen molar-refractivity contribution in [3.8, 4) is 11.5 Å². The summed E-state index contributed by atoms with van der Waals surface area (Å²) in [5.74, 6) is 0.605. The van der Waals surface area contributed by atoms with Crippen LogP contribution in [0.3, 0.4) is 0 Å². The molecule has 29 heavy (non-hydrogen) atoms. The summed E-state index contributed by atoms with van der Waals surface area (Å²) in [4.78, 5) is 14.6. The molecular formula is C22H27FN2O4. The highest BCUT2D eigenvalue weighted by Crippen LogP contribution is 2.32. The molecule has 7 heteroatoms. The van der Waals surface area contributed by atoms with Gasteiger partial charge in [-0.1, -0.05) is 12.1 Å². The highest BCUT2D eigenvalue weighted by molar-refractivity contribution is 5.94. The minimum atomic E-state index is -0.924. The number of hydrogen-bond donors (Lipinski definition) is 2. The van der Waals surface area contributed by atoms with Crippen LogP contribution in [-0.4, -0.2) is 56.3 Å². The van der Waals surface area contributed by atoms with Crippen LogP contribution in [0, 0.1) is 5.82 Å². The van der Waals surface area contributed by atoms with Crippen LogP contribution in [0.4, 0.5) is 4.39 Å². The second kappa shape index (κ2) is 9.24. The van der Waals surface area contributed by atoms with Gasteiger partial charge in [-0.25, -0.2) is 4.39 Å². The molecule has 0 radical (unpaired) electrons. The van der Waals surface area contributed by atoms with Crippen molar-refractivity contribution in [2.75, 3.05) is 40.4 Å². The molecule has 0 aromatic heterocycles. The Hall–Kier alpha value is -2.64. The van der Waals surface area contributed by atoms with Crippen LogP contribution in [0.2, 0.25) is 0 Å². The molecule has 1 fully saturated rings. The van der Waals surface area contributed by atoms with Gasteiger partial charge >= 0.3 is 0 Å². The number of nitrogens with zero attached hydrogens (tertiary/aromatic N) is 1. The SMILES string of the molecule is COc1ccc(C(=O)NCCN2CCC(O)(c3ccc(F)cc3)CC2)cc1OC. The summed E-state index contributed by atoms with van der Waals surface area (Å²) < 4.78 is 23.5. The molecule has 1 saturated heterocycles. The van der Waals surface area contributed by atoms with E-state index in [4.69, 9.17) is 9.47 Å². The number of carbonyl (C=O) groups is 1. The van der Waals surface area contributed by atoms with Gasteiger partial charge in [0.15, 0.2) is 11.5 Å². The van der Waals surface area contributed by atoms with E-state index in [1.54, 1.807) is 37.4 Å². The van der Waals surface area contributed by atoms with Gasteiger partial charge in [0.2, 0.25) is 0 Å². The van der Waals surface area contributed by atoms with Crippen LogP contribution in [-0.2, 0) is 5.60 Å². The molecule has 0 aliphatic carbocycles. The van der Waals surface area contributed by atoms with Gasteiger partial charge in [-0.2, -0.15) is 0 Å². The van der Waals surface area contributed by atoms with E-state index in [2.05, 4.69) is 10.2 Å². The monoisotopic (exact) mass is 402 g/mol. The number of halogens is 1. The van der Waals surface area contributed by atoms with Crippen molar-refractivity contribution < 1.29 is 23.8 Å².